The van der Waals surface area contributed by atoms with Crippen LogP contribution < -0.4 is 10.6 Å². The second-order valence-corrected chi connectivity index (χ2v) is 7.62. The van der Waals surface area contributed by atoms with Crippen molar-refractivity contribution in [3.05, 3.63) is 0 Å². The van der Waals surface area contributed by atoms with Gasteiger partial charge in [0.25, 0.3) is 0 Å². The molecule has 5 nitrogen and oxygen atoms in total. The first-order chi connectivity index (χ1) is 10.7. The van der Waals surface area contributed by atoms with Gasteiger partial charge in [0.1, 0.15) is 0 Å². The number of aliphatic hydroxyl groups excluding tert-OH is 1. The summed E-state index contributed by atoms with van der Waals surface area (Å²) < 4.78 is 5.72. The summed E-state index contributed by atoms with van der Waals surface area (Å²) in [7, 11) is 0. The van der Waals surface area contributed by atoms with Gasteiger partial charge in [-0.1, -0.05) is 0 Å². The lowest BCUT2D eigenvalue weighted by Gasteiger charge is -2.34. The highest BCUT2D eigenvalue weighted by Crippen LogP contribution is 2.34. The summed E-state index contributed by atoms with van der Waals surface area (Å²) in [5, 5.41) is 16.5. The molecular formula is C16H32IN3O2S. The Kier molecular flexibility index (Phi) is 10.2. The normalized spacial score (nSPS) is 27.9. The zero-order valence-electron chi connectivity index (χ0n) is 14.3. The van der Waals surface area contributed by atoms with Crippen molar-refractivity contribution in [2.75, 3.05) is 32.6 Å². The summed E-state index contributed by atoms with van der Waals surface area (Å²) >= 11 is 1.92. The highest BCUT2D eigenvalue weighted by Gasteiger charge is 2.31. The third-order valence-corrected chi connectivity index (χ3v) is 6.15. The molecule has 0 aromatic carbocycles. The molecule has 1 saturated carbocycles. The fourth-order valence-electron chi connectivity index (χ4n) is 3.13. The Morgan fingerprint density at radius 3 is 2.48 bits per heavy atom. The van der Waals surface area contributed by atoms with Gasteiger partial charge in [0.15, 0.2) is 5.96 Å². The summed E-state index contributed by atoms with van der Waals surface area (Å²) in [5.41, 5.74) is 0. The van der Waals surface area contributed by atoms with E-state index in [1.807, 2.05) is 11.8 Å². The molecule has 1 aliphatic heterocycles. The van der Waals surface area contributed by atoms with E-state index in [-0.39, 0.29) is 34.8 Å². The lowest BCUT2D eigenvalue weighted by Crippen LogP contribution is -2.46. The van der Waals surface area contributed by atoms with Crippen molar-refractivity contribution in [2.45, 2.75) is 62.3 Å². The summed E-state index contributed by atoms with van der Waals surface area (Å²) in [5.74, 6) is 0.920. The van der Waals surface area contributed by atoms with E-state index in [1.165, 1.54) is 0 Å². The van der Waals surface area contributed by atoms with Gasteiger partial charge in [0.05, 0.1) is 12.6 Å². The monoisotopic (exact) mass is 457 g/mol. The zero-order valence-corrected chi connectivity index (χ0v) is 17.5. The fraction of sp³-hybridized carbons (Fsp3) is 0.938. The molecule has 2 aliphatic rings. The Labute approximate surface area is 161 Å². The van der Waals surface area contributed by atoms with Gasteiger partial charge in [-0.15, -0.1) is 24.0 Å². The van der Waals surface area contributed by atoms with E-state index >= 15 is 0 Å². The number of guanidine groups is 1. The standard InChI is InChI=1S/C16H31N3O2S.HI/c1-3-17-15(19-13-4-6-14(20)7-5-13)18-12-16(22-2)8-10-21-11-9-16;/h13-14,20H,3-12H2,1-2H3,(H2,17,18,19);1H. The molecule has 0 unspecified atom stereocenters. The van der Waals surface area contributed by atoms with E-state index in [2.05, 4.69) is 23.8 Å². The predicted molar refractivity (Wildman–Crippen MR) is 109 cm³/mol. The quantitative estimate of drug-likeness (QED) is 0.336. The first-order valence-electron chi connectivity index (χ1n) is 8.53. The minimum Gasteiger partial charge on any atom is -0.393 e. The molecule has 23 heavy (non-hydrogen) atoms. The molecule has 0 radical (unpaired) electrons. The first-order valence-corrected chi connectivity index (χ1v) is 9.76. The minimum atomic E-state index is -0.112. The van der Waals surface area contributed by atoms with Crippen molar-refractivity contribution in [3.63, 3.8) is 0 Å². The van der Waals surface area contributed by atoms with Crippen molar-refractivity contribution in [2.24, 2.45) is 4.99 Å². The molecule has 0 atom stereocenters. The van der Waals surface area contributed by atoms with Crippen molar-refractivity contribution in [3.8, 4) is 0 Å². The van der Waals surface area contributed by atoms with Gasteiger partial charge in [-0.05, 0) is 51.7 Å². The number of thioether (sulfide) groups is 1. The molecule has 2 fully saturated rings. The third kappa shape index (κ3) is 6.96. The van der Waals surface area contributed by atoms with Gasteiger partial charge < -0.3 is 20.5 Å². The molecule has 136 valence electrons. The molecule has 0 spiro atoms. The van der Waals surface area contributed by atoms with Gasteiger partial charge in [-0.2, -0.15) is 11.8 Å². The largest absolute Gasteiger partial charge is 0.393 e. The number of hydrogen-bond acceptors (Lipinski definition) is 4. The molecule has 3 N–H and O–H groups in total. The van der Waals surface area contributed by atoms with Crippen LogP contribution in [0.5, 0.6) is 0 Å². The Balaban J connectivity index is 0.00000264. The zero-order chi connectivity index (χ0) is 15.8. The van der Waals surface area contributed by atoms with Crippen LogP contribution in [0, 0.1) is 0 Å². The van der Waals surface area contributed by atoms with Crippen molar-refractivity contribution < 1.29 is 9.84 Å². The Bertz CT molecular complexity index is 357. The number of aliphatic hydroxyl groups is 1. The second-order valence-electron chi connectivity index (χ2n) is 6.34. The van der Waals surface area contributed by atoms with Crippen molar-refractivity contribution in [1.29, 1.82) is 0 Å². The lowest BCUT2D eigenvalue weighted by atomic mass is 9.93. The average molecular weight is 457 g/mol. The Morgan fingerprint density at radius 1 is 1.26 bits per heavy atom. The molecule has 7 heteroatoms. The van der Waals surface area contributed by atoms with Crippen LogP contribution in [0.25, 0.3) is 0 Å². The van der Waals surface area contributed by atoms with E-state index < -0.39 is 0 Å². The number of hydrogen-bond donors (Lipinski definition) is 3. The fourth-order valence-corrected chi connectivity index (χ4v) is 3.90. The number of rotatable bonds is 5. The lowest BCUT2D eigenvalue weighted by molar-refractivity contribution is 0.0794. The molecule has 0 amide bonds. The van der Waals surface area contributed by atoms with Gasteiger partial charge in [-0.3, -0.25) is 4.99 Å². The number of aliphatic imine (C=N–C) groups is 1. The molecule has 1 heterocycles. The van der Waals surface area contributed by atoms with E-state index in [0.717, 1.165) is 70.8 Å². The van der Waals surface area contributed by atoms with Crippen molar-refractivity contribution in [1.82, 2.24) is 10.6 Å². The Hall–Kier alpha value is 0.270. The number of nitrogens with one attached hydrogen (secondary N) is 2. The molecular weight excluding hydrogens is 425 g/mol. The number of ether oxygens (including phenoxy) is 1. The maximum atomic E-state index is 9.62. The topological polar surface area (TPSA) is 65.9 Å². The first kappa shape index (κ1) is 21.3. The Morgan fingerprint density at radius 2 is 1.91 bits per heavy atom. The van der Waals surface area contributed by atoms with E-state index in [9.17, 15) is 5.11 Å². The van der Waals surface area contributed by atoms with Crippen LogP contribution in [0.2, 0.25) is 0 Å². The van der Waals surface area contributed by atoms with Crippen LogP contribution in [0.1, 0.15) is 45.4 Å². The molecule has 2 rings (SSSR count). The SMILES string of the molecule is CCNC(=NCC1(SC)CCOCC1)NC1CCC(O)CC1.I. The van der Waals surface area contributed by atoms with Crippen LogP contribution in [-0.2, 0) is 4.74 Å². The van der Waals surface area contributed by atoms with E-state index in [0.29, 0.717) is 6.04 Å². The van der Waals surface area contributed by atoms with Crippen LogP contribution in [0.15, 0.2) is 4.99 Å². The van der Waals surface area contributed by atoms with Gasteiger partial charge in [-0.25, -0.2) is 0 Å². The molecule has 1 aliphatic carbocycles. The molecule has 1 saturated heterocycles. The molecule has 0 bridgehead atoms. The smallest absolute Gasteiger partial charge is 0.191 e. The van der Waals surface area contributed by atoms with Crippen LogP contribution >= 0.6 is 35.7 Å². The number of halogens is 1. The van der Waals surface area contributed by atoms with Crippen LogP contribution in [0.4, 0.5) is 0 Å². The van der Waals surface area contributed by atoms with Crippen molar-refractivity contribution >= 4 is 41.7 Å². The summed E-state index contributed by atoms with van der Waals surface area (Å²) in [6.45, 7) is 5.50. The van der Waals surface area contributed by atoms with Gasteiger partial charge in [0, 0.05) is 30.5 Å². The number of nitrogens with zero attached hydrogens (tertiary/aromatic N) is 1. The summed E-state index contributed by atoms with van der Waals surface area (Å²) in [6.07, 6.45) is 8.05. The van der Waals surface area contributed by atoms with Gasteiger partial charge >= 0.3 is 0 Å². The van der Waals surface area contributed by atoms with Crippen LogP contribution in [-0.4, -0.2) is 60.5 Å². The summed E-state index contributed by atoms with van der Waals surface area (Å²) in [4.78, 5) is 4.85. The maximum Gasteiger partial charge on any atom is 0.191 e. The minimum absolute atomic E-state index is 0. The maximum absolute atomic E-state index is 9.62. The highest BCUT2D eigenvalue weighted by atomic mass is 127. The van der Waals surface area contributed by atoms with E-state index in [1.54, 1.807) is 0 Å². The van der Waals surface area contributed by atoms with Gasteiger partial charge in [0.2, 0.25) is 0 Å². The molecule has 0 aromatic heterocycles. The third-order valence-electron chi connectivity index (χ3n) is 4.74. The predicted octanol–water partition coefficient (Wildman–Crippen LogP) is 2.38. The average Bonchev–Trinajstić information content (AvgIpc) is 2.56. The van der Waals surface area contributed by atoms with Crippen LogP contribution in [0.3, 0.4) is 0 Å². The summed E-state index contributed by atoms with van der Waals surface area (Å²) in [6, 6.07) is 0.432. The van der Waals surface area contributed by atoms with E-state index in [4.69, 9.17) is 9.73 Å². The molecule has 0 aromatic rings. The second kappa shape index (κ2) is 11.0. The highest BCUT2D eigenvalue weighted by molar-refractivity contribution is 14.0.